The van der Waals surface area contributed by atoms with Crippen molar-refractivity contribution in [3.05, 3.63) is 40.4 Å². The molecule has 2 aromatic heterocycles. The zero-order valence-electron chi connectivity index (χ0n) is 27.8. The van der Waals surface area contributed by atoms with Crippen LogP contribution >= 0.6 is 22.9 Å². The number of hydrogen-bond acceptors (Lipinski definition) is 9. The molecular weight excluding hydrogens is 687 g/mol. The van der Waals surface area contributed by atoms with E-state index in [4.69, 9.17) is 27.1 Å². The van der Waals surface area contributed by atoms with E-state index in [0.29, 0.717) is 43.7 Å². The van der Waals surface area contributed by atoms with E-state index in [2.05, 4.69) is 14.8 Å². The molecule has 1 amide bonds. The smallest absolute Gasteiger partial charge is 0.319 e. The van der Waals surface area contributed by atoms with Crippen molar-refractivity contribution in [2.45, 2.75) is 76.2 Å². The highest BCUT2D eigenvalue weighted by Gasteiger charge is 2.49. The van der Waals surface area contributed by atoms with Crippen LogP contribution < -0.4 is 15.4 Å². The molecule has 9 nitrogen and oxygen atoms in total. The predicted molar refractivity (Wildman–Crippen MR) is 188 cm³/mol. The molecule has 1 saturated carbocycles. The number of nitriles is 1. The third-order valence-electron chi connectivity index (χ3n) is 11.2. The average Bonchev–Trinajstić information content (AvgIpc) is 3.50. The van der Waals surface area contributed by atoms with Crippen molar-refractivity contribution < 1.29 is 22.7 Å². The largest absolute Gasteiger partial charge is 0.461 e. The average molecular weight is 724 g/mol. The van der Waals surface area contributed by atoms with E-state index in [1.54, 1.807) is 6.07 Å². The van der Waals surface area contributed by atoms with E-state index in [9.17, 15) is 18.8 Å². The van der Waals surface area contributed by atoms with Gasteiger partial charge in [-0.15, -0.1) is 11.3 Å². The molecular formula is C36H37ClF3N7O2S. The van der Waals surface area contributed by atoms with Gasteiger partial charge in [-0.3, -0.25) is 9.69 Å². The van der Waals surface area contributed by atoms with Gasteiger partial charge in [0.2, 0.25) is 5.91 Å². The van der Waals surface area contributed by atoms with Gasteiger partial charge in [-0.25, -0.2) is 13.2 Å². The van der Waals surface area contributed by atoms with E-state index in [-0.39, 0.29) is 78.8 Å². The van der Waals surface area contributed by atoms with Crippen molar-refractivity contribution in [2.75, 3.05) is 43.4 Å². The van der Waals surface area contributed by atoms with Crippen LogP contribution in [0.25, 0.3) is 32.1 Å². The summed E-state index contributed by atoms with van der Waals surface area (Å²) in [6.07, 6.45) is 3.63. The minimum Gasteiger partial charge on any atom is -0.461 e. The second-order valence-electron chi connectivity index (χ2n) is 14.1. The van der Waals surface area contributed by atoms with Gasteiger partial charge in [0.1, 0.15) is 41.0 Å². The SMILES string of the molecule is CCN(c1nc(OC[C@@]23CCCN2C[C@H](F)C3)nc2c(F)c(-c3ccc(F)c4sc(N)c(C#N)c34)c(Cl)cc12)[C@@H]1CCN(C(=O)C2CC2)[C@@H]1C. The number of halogens is 4. The summed E-state index contributed by atoms with van der Waals surface area (Å²) in [7, 11) is 0. The van der Waals surface area contributed by atoms with Crippen molar-refractivity contribution in [3.8, 4) is 23.2 Å². The Morgan fingerprint density at radius 3 is 2.80 bits per heavy atom. The van der Waals surface area contributed by atoms with Crippen molar-refractivity contribution in [1.29, 1.82) is 5.26 Å². The molecule has 4 aliphatic rings. The normalized spacial score (nSPS) is 25.1. The van der Waals surface area contributed by atoms with Gasteiger partial charge >= 0.3 is 6.01 Å². The number of nitrogens with two attached hydrogens (primary N) is 1. The Bertz CT molecular complexity index is 2090. The number of amides is 1. The quantitative estimate of drug-likeness (QED) is 0.206. The summed E-state index contributed by atoms with van der Waals surface area (Å²) < 4.78 is 53.2. The van der Waals surface area contributed by atoms with Crippen LogP contribution in [-0.2, 0) is 4.79 Å². The molecule has 5 heterocycles. The van der Waals surface area contributed by atoms with Gasteiger partial charge in [-0.2, -0.15) is 15.2 Å². The monoisotopic (exact) mass is 723 g/mol. The molecule has 2 N–H and O–H groups in total. The first-order chi connectivity index (χ1) is 24.0. The fraction of sp³-hybridized carbons (Fsp3) is 0.500. The third kappa shape index (κ3) is 5.25. The van der Waals surface area contributed by atoms with Crippen LogP contribution in [0.1, 0.15) is 57.9 Å². The van der Waals surface area contributed by atoms with Gasteiger partial charge in [-0.05, 0) is 70.2 Å². The first-order valence-electron chi connectivity index (χ1n) is 17.2. The molecule has 4 atom stereocenters. The summed E-state index contributed by atoms with van der Waals surface area (Å²) >= 11 is 7.83. The van der Waals surface area contributed by atoms with E-state index in [1.807, 2.05) is 24.8 Å². The second-order valence-corrected chi connectivity index (χ2v) is 15.5. The number of likely N-dealkylation sites (tertiary alicyclic amines) is 1. The molecule has 3 saturated heterocycles. The van der Waals surface area contributed by atoms with Crippen LogP contribution in [0.4, 0.5) is 24.0 Å². The Balaban J connectivity index is 1.27. The van der Waals surface area contributed by atoms with Crippen LogP contribution in [0.2, 0.25) is 5.02 Å². The molecule has 50 heavy (non-hydrogen) atoms. The van der Waals surface area contributed by atoms with Crippen LogP contribution in [0, 0.1) is 28.9 Å². The summed E-state index contributed by atoms with van der Waals surface area (Å²) in [5.41, 5.74) is 5.75. The minimum atomic E-state index is -0.952. The van der Waals surface area contributed by atoms with Crippen molar-refractivity contribution in [3.63, 3.8) is 0 Å². The number of thiophene rings is 1. The summed E-state index contributed by atoms with van der Waals surface area (Å²) in [5.74, 6) is -0.694. The Labute approximate surface area is 296 Å². The number of rotatable bonds is 8. The lowest BCUT2D eigenvalue weighted by molar-refractivity contribution is -0.133. The predicted octanol–water partition coefficient (Wildman–Crippen LogP) is 7.08. The lowest BCUT2D eigenvalue weighted by Gasteiger charge is -2.35. The zero-order valence-corrected chi connectivity index (χ0v) is 29.4. The molecule has 8 rings (SSSR count). The fourth-order valence-electron chi connectivity index (χ4n) is 8.60. The molecule has 14 heteroatoms. The van der Waals surface area contributed by atoms with E-state index in [0.717, 1.165) is 43.6 Å². The van der Waals surface area contributed by atoms with Crippen LogP contribution in [0.5, 0.6) is 6.01 Å². The molecule has 0 bridgehead atoms. The molecule has 2 aromatic carbocycles. The molecule has 0 radical (unpaired) electrons. The van der Waals surface area contributed by atoms with Crippen molar-refractivity contribution >= 4 is 60.7 Å². The van der Waals surface area contributed by atoms with E-state index in [1.165, 1.54) is 12.1 Å². The maximum absolute atomic E-state index is 17.2. The third-order valence-corrected chi connectivity index (χ3v) is 12.5. The number of likely N-dealkylation sites (N-methyl/N-ethyl adjacent to an activating group) is 1. The number of fused-ring (bicyclic) bond motifs is 3. The Morgan fingerprint density at radius 1 is 1.26 bits per heavy atom. The highest BCUT2D eigenvalue weighted by molar-refractivity contribution is 7.23. The number of carbonyl (C=O) groups is 1. The molecule has 0 unspecified atom stereocenters. The summed E-state index contributed by atoms with van der Waals surface area (Å²) in [4.78, 5) is 28.8. The molecule has 3 aliphatic heterocycles. The second kappa shape index (κ2) is 12.4. The van der Waals surface area contributed by atoms with Gasteiger partial charge in [0.25, 0.3) is 0 Å². The van der Waals surface area contributed by atoms with E-state index >= 15 is 4.39 Å². The number of nitrogen functional groups attached to an aromatic ring is 1. The van der Waals surface area contributed by atoms with Gasteiger partial charge in [0, 0.05) is 54.4 Å². The topological polar surface area (TPSA) is 112 Å². The lowest BCUT2D eigenvalue weighted by atomic mass is 9.95. The fourth-order valence-corrected chi connectivity index (χ4v) is 9.85. The highest BCUT2D eigenvalue weighted by Crippen LogP contribution is 2.47. The summed E-state index contributed by atoms with van der Waals surface area (Å²) in [6, 6.07) is 5.94. The minimum absolute atomic E-state index is 0.0246. The Kier molecular flexibility index (Phi) is 8.27. The number of hydrogen-bond donors (Lipinski definition) is 1. The van der Waals surface area contributed by atoms with Gasteiger partial charge in [0.15, 0.2) is 5.82 Å². The molecule has 4 aromatic rings. The van der Waals surface area contributed by atoms with Crippen LogP contribution in [-0.4, -0.2) is 82.3 Å². The number of aromatic nitrogens is 2. The number of benzene rings is 2. The van der Waals surface area contributed by atoms with Gasteiger partial charge in [-0.1, -0.05) is 17.7 Å². The summed E-state index contributed by atoms with van der Waals surface area (Å²) in [6.45, 7) is 6.40. The molecule has 0 spiro atoms. The van der Waals surface area contributed by atoms with Crippen molar-refractivity contribution in [1.82, 2.24) is 19.8 Å². The number of nitrogens with zero attached hydrogens (tertiary/aromatic N) is 6. The molecule has 4 fully saturated rings. The molecule has 262 valence electrons. The Morgan fingerprint density at radius 2 is 2.06 bits per heavy atom. The number of anilines is 2. The highest BCUT2D eigenvalue weighted by atomic mass is 35.5. The summed E-state index contributed by atoms with van der Waals surface area (Å²) in [5, 5.41) is 10.6. The van der Waals surface area contributed by atoms with Crippen LogP contribution in [0.15, 0.2) is 18.2 Å². The van der Waals surface area contributed by atoms with E-state index < -0.39 is 23.3 Å². The maximum Gasteiger partial charge on any atom is 0.319 e. The maximum atomic E-state index is 17.2. The Hall–Kier alpha value is -3.86. The van der Waals surface area contributed by atoms with Crippen LogP contribution in [0.3, 0.4) is 0 Å². The standard InChI is InChI=1S/C36H37ClF3N7O2S/c1-3-46(26-9-12-47(18(26)2)34(48)19-5-6-19)33-22-13-24(37)28(21-7-8-25(39)31-27(21)23(15-41)32(42)50-31)29(40)30(22)43-35(44-33)49-17-36-10-4-11-45(36)16-20(38)14-36/h7-8,13,18-20,26H,3-6,9-12,14,16-17,42H2,1-2H3/t18-,20-,26-,36+/m1/s1. The first kappa shape index (κ1) is 33.3. The number of carbonyl (C=O) groups excluding carboxylic acids is 1. The van der Waals surface area contributed by atoms with Crippen molar-refractivity contribution in [2.24, 2.45) is 5.92 Å². The number of ether oxygens (including phenoxy) is 1. The van der Waals surface area contributed by atoms with Gasteiger partial charge < -0.3 is 20.3 Å². The molecule has 1 aliphatic carbocycles. The lowest BCUT2D eigenvalue weighted by Crippen LogP contribution is -2.46. The number of alkyl halides is 1. The first-order valence-corrected chi connectivity index (χ1v) is 18.4. The zero-order chi connectivity index (χ0) is 35.1. The van der Waals surface area contributed by atoms with Gasteiger partial charge in [0.05, 0.1) is 26.9 Å².